The summed E-state index contributed by atoms with van der Waals surface area (Å²) in [6, 6.07) is 12.9. The first-order chi connectivity index (χ1) is 15.2. The Kier molecular flexibility index (Phi) is 9.16. The summed E-state index contributed by atoms with van der Waals surface area (Å²) in [4.78, 5) is 27.6. The second-order valence-electron chi connectivity index (χ2n) is 10.2. The minimum atomic E-state index is -0.657. The second-order valence-corrected chi connectivity index (χ2v) is 12.0. The van der Waals surface area contributed by atoms with Crippen molar-refractivity contribution in [3.8, 4) is 5.75 Å². The summed E-state index contributed by atoms with van der Waals surface area (Å²) in [6.45, 7) is 14.1. The molecule has 0 unspecified atom stereocenters. The summed E-state index contributed by atoms with van der Waals surface area (Å²) in [5, 5.41) is 2.96. The average Bonchev–Trinajstić information content (AvgIpc) is 2.69. The normalized spacial score (nSPS) is 12.8. The molecule has 0 saturated carbocycles. The summed E-state index contributed by atoms with van der Waals surface area (Å²) < 4.78 is 7.60. The van der Waals surface area contributed by atoms with Crippen molar-refractivity contribution in [1.29, 1.82) is 0 Å². The van der Waals surface area contributed by atoms with E-state index < -0.39 is 11.6 Å². The lowest BCUT2D eigenvalue weighted by Gasteiger charge is -2.31. The minimum Gasteiger partial charge on any atom is -0.483 e. The number of hydrogen-bond acceptors (Lipinski definition) is 3. The summed E-state index contributed by atoms with van der Waals surface area (Å²) in [7, 11) is 0. The van der Waals surface area contributed by atoms with E-state index in [4.69, 9.17) is 4.74 Å². The highest BCUT2D eigenvalue weighted by atomic mass is 79.9. The minimum absolute atomic E-state index is 0.00813. The van der Waals surface area contributed by atoms with E-state index in [0.717, 1.165) is 20.1 Å². The van der Waals surface area contributed by atoms with Gasteiger partial charge in [0, 0.05) is 16.6 Å². The number of nitrogens with zero attached hydrogens (tertiary/aromatic N) is 1. The molecule has 5 nitrogen and oxygen atoms in total. The van der Waals surface area contributed by atoms with E-state index in [2.05, 4.69) is 57.9 Å². The zero-order valence-electron chi connectivity index (χ0n) is 20.5. The van der Waals surface area contributed by atoms with E-state index in [0.29, 0.717) is 12.3 Å². The molecule has 7 heteroatoms. The van der Waals surface area contributed by atoms with Crippen LogP contribution < -0.4 is 10.1 Å². The van der Waals surface area contributed by atoms with Crippen LogP contribution in [0.3, 0.4) is 0 Å². The fraction of sp³-hybridized carbons (Fsp3) is 0.462. The quantitative estimate of drug-likeness (QED) is 0.422. The first kappa shape index (κ1) is 27.4. The largest absolute Gasteiger partial charge is 0.483 e. The van der Waals surface area contributed by atoms with Crippen molar-refractivity contribution in [2.24, 2.45) is 0 Å². The number of rotatable bonds is 7. The van der Waals surface area contributed by atoms with E-state index in [1.54, 1.807) is 11.8 Å². The van der Waals surface area contributed by atoms with Crippen LogP contribution in [0.15, 0.2) is 51.4 Å². The molecular formula is C26H34Br2N2O3. The molecule has 0 aliphatic rings. The van der Waals surface area contributed by atoms with Gasteiger partial charge in [0.1, 0.15) is 11.8 Å². The zero-order chi connectivity index (χ0) is 25.0. The third kappa shape index (κ3) is 8.45. The van der Waals surface area contributed by atoms with Crippen LogP contribution >= 0.6 is 31.9 Å². The van der Waals surface area contributed by atoms with Crippen molar-refractivity contribution in [1.82, 2.24) is 10.2 Å². The highest BCUT2D eigenvalue weighted by Gasteiger charge is 2.29. The van der Waals surface area contributed by atoms with Crippen molar-refractivity contribution < 1.29 is 14.3 Å². The summed E-state index contributed by atoms with van der Waals surface area (Å²) in [5.74, 6) is 0.122. The molecule has 2 aromatic rings. The molecule has 0 aliphatic carbocycles. The van der Waals surface area contributed by atoms with Crippen molar-refractivity contribution in [2.75, 3.05) is 6.61 Å². The van der Waals surface area contributed by atoms with Crippen molar-refractivity contribution in [2.45, 2.75) is 72.0 Å². The molecule has 0 radical (unpaired) electrons. The topological polar surface area (TPSA) is 58.6 Å². The van der Waals surface area contributed by atoms with Crippen LogP contribution in [0.2, 0.25) is 0 Å². The first-order valence-corrected chi connectivity index (χ1v) is 12.5. The second kappa shape index (κ2) is 11.0. The number of hydrogen-bond donors (Lipinski definition) is 1. The Morgan fingerprint density at radius 1 is 1.00 bits per heavy atom. The molecule has 180 valence electrons. The van der Waals surface area contributed by atoms with E-state index in [-0.39, 0.29) is 23.8 Å². The fourth-order valence-corrected chi connectivity index (χ4v) is 3.91. The molecule has 1 N–H and O–H groups in total. The van der Waals surface area contributed by atoms with Crippen LogP contribution in [0.1, 0.15) is 59.6 Å². The molecule has 2 aromatic carbocycles. The molecular weight excluding hydrogens is 548 g/mol. The Balaban J connectivity index is 2.20. The van der Waals surface area contributed by atoms with Gasteiger partial charge in [0.05, 0.1) is 4.47 Å². The molecule has 33 heavy (non-hydrogen) atoms. The first-order valence-electron chi connectivity index (χ1n) is 11.0. The van der Waals surface area contributed by atoms with Gasteiger partial charge >= 0.3 is 0 Å². The SMILES string of the molecule is C[C@@H](C(=O)NC(C)(C)C)N(Cc1ccc(Br)cc1)C(=O)COc1ccc(C(C)(C)C)cc1Br. The summed E-state index contributed by atoms with van der Waals surface area (Å²) in [6.07, 6.45) is 0. The molecule has 0 heterocycles. The van der Waals surface area contributed by atoms with Crippen molar-refractivity contribution >= 4 is 43.7 Å². The van der Waals surface area contributed by atoms with E-state index in [1.807, 2.05) is 63.2 Å². The van der Waals surface area contributed by atoms with Crippen LogP contribution in [0.5, 0.6) is 5.75 Å². The Labute approximate surface area is 214 Å². The maximum atomic E-state index is 13.2. The van der Waals surface area contributed by atoms with E-state index in [9.17, 15) is 9.59 Å². The predicted octanol–water partition coefficient (Wildman–Crippen LogP) is 6.22. The Hall–Kier alpha value is -1.86. The van der Waals surface area contributed by atoms with Gasteiger partial charge in [-0.2, -0.15) is 0 Å². The third-order valence-corrected chi connectivity index (χ3v) is 6.23. The molecule has 0 saturated heterocycles. The number of carbonyl (C=O) groups excluding carboxylic acids is 2. The lowest BCUT2D eigenvalue weighted by molar-refractivity contribution is -0.142. The van der Waals surface area contributed by atoms with Crippen molar-refractivity contribution in [3.63, 3.8) is 0 Å². The van der Waals surface area contributed by atoms with Gasteiger partial charge in [0.25, 0.3) is 5.91 Å². The molecule has 2 amide bonds. The number of ether oxygens (including phenoxy) is 1. The highest BCUT2D eigenvalue weighted by Crippen LogP contribution is 2.31. The van der Waals surface area contributed by atoms with Gasteiger partial charge in [-0.1, -0.05) is 54.9 Å². The van der Waals surface area contributed by atoms with Gasteiger partial charge in [-0.15, -0.1) is 0 Å². The van der Waals surface area contributed by atoms with Gasteiger partial charge in [0.2, 0.25) is 5.91 Å². The number of halogens is 2. The van der Waals surface area contributed by atoms with Gasteiger partial charge in [-0.05, 0) is 84.4 Å². The van der Waals surface area contributed by atoms with Gasteiger partial charge in [-0.25, -0.2) is 0 Å². The smallest absolute Gasteiger partial charge is 0.261 e. The van der Waals surface area contributed by atoms with Crippen LogP contribution in [0.25, 0.3) is 0 Å². The zero-order valence-corrected chi connectivity index (χ0v) is 23.6. The number of nitrogens with one attached hydrogen (secondary N) is 1. The molecule has 2 rings (SSSR count). The Morgan fingerprint density at radius 2 is 1.61 bits per heavy atom. The number of amides is 2. The van der Waals surface area contributed by atoms with Crippen LogP contribution in [0, 0.1) is 0 Å². The summed E-state index contributed by atoms with van der Waals surface area (Å²) >= 11 is 6.99. The monoisotopic (exact) mass is 580 g/mol. The Bertz CT molecular complexity index is 977. The molecule has 0 spiro atoms. The van der Waals surface area contributed by atoms with Gasteiger partial charge < -0.3 is 15.0 Å². The maximum absolute atomic E-state index is 13.2. The highest BCUT2D eigenvalue weighted by molar-refractivity contribution is 9.10. The van der Waals surface area contributed by atoms with Crippen LogP contribution in [0.4, 0.5) is 0 Å². The standard InChI is InChI=1S/C26H34Br2N2O3/c1-17(24(32)29-26(5,6)7)30(15-18-8-11-20(27)12-9-18)23(31)16-33-22-13-10-19(14-21(22)28)25(2,3)4/h8-14,17H,15-16H2,1-7H3,(H,29,32)/t17-/m0/s1. The average molecular weight is 582 g/mol. The summed E-state index contributed by atoms with van der Waals surface area (Å²) in [5.41, 5.74) is 1.71. The van der Waals surface area contributed by atoms with Gasteiger partial charge in [0.15, 0.2) is 6.61 Å². The van der Waals surface area contributed by atoms with Crippen LogP contribution in [-0.4, -0.2) is 34.9 Å². The van der Waals surface area contributed by atoms with E-state index >= 15 is 0 Å². The van der Waals surface area contributed by atoms with E-state index in [1.165, 1.54) is 0 Å². The Morgan fingerprint density at radius 3 is 2.12 bits per heavy atom. The van der Waals surface area contributed by atoms with Crippen molar-refractivity contribution in [3.05, 3.63) is 62.5 Å². The fourth-order valence-electron chi connectivity index (χ4n) is 3.15. The number of carbonyl (C=O) groups is 2. The molecule has 0 aliphatic heterocycles. The lowest BCUT2D eigenvalue weighted by Crippen LogP contribution is -2.53. The molecule has 0 bridgehead atoms. The predicted molar refractivity (Wildman–Crippen MR) is 140 cm³/mol. The molecule has 0 aromatic heterocycles. The maximum Gasteiger partial charge on any atom is 0.261 e. The number of benzene rings is 2. The molecule has 0 fully saturated rings. The lowest BCUT2D eigenvalue weighted by atomic mass is 9.87. The van der Waals surface area contributed by atoms with Gasteiger partial charge in [-0.3, -0.25) is 9.59 Å². The van der Waals surface area contributed by atoms with Crippen LogP contribution in [-0.2, 0) is 21.5 Å². The third-order valence-electron chi connectivity index (χ3n) is 5.08. The molecule has 1 atom stereocenters.